The first-order valence-electron chi connectivity index (χ1n) is 5.52. The highest BCUT2D eigenvalue weighted by molar-refractivity contribution is 5.87. The van der Waals surface area contributed by atoms with Crippen LogP contribution in [0.4, 0.5) is 0 Å². The predicted molar refractivity (Wildman–Crippen MR) is 58.2 cm³/mol. The summed E-state index contributed by atoms with van der Waals surface area (Å²) in [6.45, 7) is 1.82. The van der Waals surface area contributed by atoms with Gasteiger partial charge in [-0.2, -0.15) is 5.26 Å². The third kappa shape index (κ3) is 3.54. The van der Waals surface area contributed by atoms with Gasteiger partial charge >= 0.3 is 0 Å². The van der Waals surface area contributed by atoms with Gasteiger partial charge in [0, 0.05) is 13.1 Å². The molecular weight excluding hydrogens is 206 g/mol. The molecule has 1 aliphatic carbocycles. The summed E-state index contributed by atoms with van der Waals surface area (Å²) in [5.74, 6) is -1.07. The van der Waals surface area contributed by atoms with Gasteiger partial charge in [-0.1, -0.05) is 6.92 Å². The molecule has 0 bridgehead atoms. The van der Waals surface area contributed by atoms with Gasteiger partial charge < -0.3 is 10.2 Å². The summed E-state index contributed by atoms with van der Waals surface area (Å²) in [5.41, 5.74) is 0. The highest BCUT2D eigenvalue weighted by Crippen LogP contribution is 2.18. The van der Waals surface area contributed by atoms with Crippen LogP contribution in [-0.4, -0.2) is 36.3 Å². The zero-order valence-electron chi connectivity index (χ0n) is 9.69. The van der Waals surface area contributed by atoms with Gasteiger partial charge in [0.25, 0.3) is 0 Å². The van der Waals surface area contributed by atoms with Gasteiger partial charge in [0.1, 0.15) is 5.92 Å². The average Bonchev–Trinajstić information content (AvgIpc) is 3.03. The molecule has 0 aliphatic heterocycles. The molecule has 5 nitrogen and oxygen atoms in total. The molecule has 0 heterocycles. The van der Waals surface area contributed by atoms with Crippen molar-refractivity contribution >= 4 is 11.8 Å². The summed E-state index contributed by atoms with van der Waals surface area (Å²) in [4.78, 5) is 24.4. The zero-order valence-corrected chi connectivity index (χ0v) is 9.69. The molecule has 1 saturated carbocycles. The Hall–Kier alpha value is -1.57. The van der Waals surface area contributed by atoms with E-state index in [9.17, 15) is 9.59 Å². The maximum Gasteiger partial charge on any atom is 0.240 e. The molecule has 16 heavy (non-hydrogen) atoms. The first-order chi connectivity index (χ1) is 7.58. The average molecular weight is 223 g/mol. The third-order valence-corrected chi connectivity index (χ3v) is 2.56. The quantitative estimate of drug-likeness (QED) is 0.727. The topological polar surface area (TPSA) is 73.2 Å². The van der Waals surface area contributed by atoms with Gasteiger partial charge in [0.15, 0.2) is 0 Å². The van der Waals surface area contributed by atoms with E-state index in [0.717, 1.165) is 12.8 Å². The lowest BCUT2D eigenvalue weighted by Gasteiger charge is -2.18. The molecule has 1 unspecified atom stereocenters. The van der Waals surface area contributed by atoms with Crippen molar-refractivity contribution in [3.8, 4) is 6.07 Å². The molecule has 1 N–H and O–H groups in total. The van der Waals surface area contributed by atoms with E-state index in [2.05, 4.69) is 5.32 Å². The molecular formula is C11H17N3O2. The molecule has 0 spiro atoms. The number of hydrogen-bond acceptors (Lipinski definition) is 3. The van der Waals surface area contributed by atoms with E-state index in [1.54, 1.807) is 14.0 Å². The number of carbonyl (C=O) groups is 2. The van der Waals surface area contributed by atoms with E-state index < -0.39 is 5.92 Å². The molecule has 1 fully saturated rings. The Morgan fingerprint density at radius 1 is 1.56 bits per heavy atom. The molecule has 0 saturated heterocycles. The van der Waals surface area contributed by atoms with Gasteiger partial charge in [-0.15, -0.1) is 0 Å². The monoisotopic (exact) mass is 223 g/mol. The Kier molecular flexibility index (Phi) is 4.29. The zero-order chi connectivity index (χ0) is 12.1. The Morgan fingerprint density at radius 3 is 2.62 bits per heavy atom. The molecule has 1 atom stereocenters. The summed E-state index contributed by atoms with van der Waals surface area (Å²) in [5, 5.41) is 11.5. The van der Waals surface area contributed by atoms with Crippen molar-refractivity contribution in [3.05, 3.63) is 0 Å². The summed E-state index contributed by atoms with van der Waals surface area (Å²) in [6, 6.07) is 2.24. The Bertz CT molecular complexity index is 318. The van der Waals surface area contributed by atoms with Gasteiger partial charge in [-0.25, -0.2) is 0 Å². The number of rotatable bonds is 5. The van der Waals surface area contributed by atoms with Gasteiger partial charge in [-0.05, 0) is 19.3 Å². The second kappa shape index (κ2) is 5.50. The highest BCUT2D eigenvalue weighted by atomic mass is 16.2. The molecule has 1 aliphatic rings. The Labute approximate surface area is 95.4 Å². The van der Waals surface area contributed by atoms with Crippen molar-refractivity contribution in [1.29, 1.82) is 5.26 Å². The van der Waals surface area contributed by atoms with Crippen molar-refractivity contribution < 1.29 is 9.59 Å². The van der Waals surface area contributed by atoms with Crippen LogP contribution in [0, 0.1) is 17.2 Å². The van der Waals surface area contributed by atoms with Crippen LogP contribution >= 0.6 is 0 Å². The molecule has 0 radical (unpaired) electrons. The first kappa shape index (κ1) is 12.5. The van der Waals surface area contributed by atoms with Crippen LogP contribution in [0.25, 0.3) is 0 Å². The molecule has 0 aromatic carbocycles. The second-order valence-corrected chi connectivity index (χ2v) is 4.13. The number of carbonyl (C=O) groups excluding carboxylic acids is 2. The Balaban J connectivity index is 2.37. The fourth-order valence-corrected chi connectivity index (χ4v) is 1.38. The third-order valence-electron chi connectivity index (χ3n) is 2.56. The smallest absolute Gasteiger partial charge is 0.240 e. The van der Waals surface area contributed by atoms with E-state index >= 15 is 0 Å². The van der Waals surface area contributed by atoms with Crippen molar-refractivity contribution in [1.82, 2.24) is 10.2 Å². The molecule has 2 amide bonds. The molecule has 1 rings (SSSR count). The van der Waals surface area contributed by atoms with Gasteiger partial charge in [0.2, 0.25) is 11.8 Å². The molecule has 0 aromatic rings. The SMILES string of the molecule is CCC(C#N)C(=O)N(C)CC(=O)NC1CC1. The van der Waals surface area contributed by atoms with E-state index in [-0.39, 0.29) is 18.4 Å². The summed E-state index contributed by atoms with van der Waals surface area (Å²) < 4.78 is 0. The number of nitrogens with one attached hydrogen (secondary N) is 1. The minimum absolute atomic E-state index is 0.0352. The Morgan fingerprint density at radius 2 is 2.19 bits per heavy atom. The predicted octanol–water partition coefficient (Wildman–Crippen LogP) is 0.273. The van der Waals surface area contributed by atoms with Crippen molar-refractivity contribution in [3.63, 3.8) is 0 Å². The van der Waals surface area contributed by atoms with Crippen LogP contribution in [0.2, 0.25) is 0 Å². The second-order valence-electron chi connectivity index (χ2n) is 4.13. The number of nitriles is 1. The van der Waals surface area contributed by atoms with Crippen LogP contribution in [0.15, 0.2) is 0 Å². The van der Waals surface area contributed by atoms with Crippen LogP contribution in [0.1, 0.15) is 26.2 Å². The standard InChI is InChI=1S/C11H17N3O2/c1-3-8(6-12)11(16)14(2)7-10(15)13-9-4-5-9/h8-9H,3-5,7H2,1-2H3,(H,13,15). The number of likely N-dealkylation sites (N-methyl/N-ethyl adjacent to an activating group) is 1. The van der Waals surface area contributed by atoms with E-state index in [0.29, 0.717) is 12.5 Å². The fraction of sp³-hybridized carbons (Fsp3) is 0.727. The van der Waals surface area contributed by atoms with Crippen molar-refractivity contribution in [2.75, 3.05) is 13.6 Å². The maximum atomic E-state index is 11.7. The van der Waals surface area contributed by atoms with Crippen LogP contribution in [0.3, 0.4) is 0 Å². The van der Waals surface area contributed by atoms with Crippen molar-refractivity contribution in [2.24, 2.45) is 5.92 Å². The van der Waals surface area contributed by atoms with Gasteiger partial charge in [-0.3, -0.25) is 9.59 Å². The largest absolute Gasteiger partial charge is 0.352 e. The summed E-state index contributed by atoms with van der Waals surface area (Å²) in [7, 11) is 1.55. The lowest BCUT2D eigenvalue weighted by Crippen LogP contribution is -2.41. The lowest BCUT2D eigenvalue weighted by atomic mass is 10.1. The lowest BCUT2D eigenvalue weighted by molar-refractivity contribution is -0.136. The fourth-order valence-electron chi connectivity index (χ4n) is 1.38. The minimum Gasteiger partial charge on any atom is -0.352 e. The summed E-state index contributed by atoms with van der Waals surface area (Å²) in [6.07, 6.45) is 2.53. The number of amides is 2. The number of nitrogens with zero attached hydrogens (tertiary/aromatic N) is 2. The van der Waals surface area contributed by atoms with E-state index in [4.69, 9.17) is 5.26 Å². The van der Waals surface area contributed by atoms with Crippen LogP contribution < -0.4 is 5.32 Å². The maximum absolute atomic E-state index is 11.7. The van der Waals surface area contributed by atoms with Gasteiger partial charge in [0.05, 0.1) is 12.6 Å². The van der Waals surface area contributed by atoms with E-state index in [1.165, 1.54) is 4.90 Å². The highest BCUT2D eigenvalue weighted by Gasteiger charge is 2.26. The summed E-state index contributed by atoms with van der Waals surface area (Å²) >= 11 is 0. The minimum atomic E-state index is -0.640. The molecule has 0 aromatic heterocycles. The van der Waals surface area contributed by atoms with Crippen LogP contribution in [-0.2, 0) is 9.59 Å². The van der Waals surface area contributed by atoms with Crippen molar-refractivity contribution in [2.45, 2.75) is 32.2 Å². The molecule has 5 heteroatoms. The first-order valence-corrected chi connectivity index (χ1v) is 5.52. The van der Waals surface area contributed by atoms with E-state index in [1.807, 2.05) is 6.07 Å². The number of hydrogen-bond donors (Lipinski definition) is 1. The normalized spacial score (nSPS) is 16.1. The molecule has 88 valence electrons. The van der Waals surface area contributed by atoms with Crippen LogP contribution in [0.5, 0.6) is 0 Å².